The first-order valence-corrected chi connectivity index (χ1v) is 16.4. The molecule has 0 fully saturated rings. The fourth-order valence-electron chi connectivity index (χ4n) is 4.68. The topological polar surface area (TPSA) is 123 Å². The number of benzene rings is 4. The molecular weight excluding hydrogens is 629 g/mol. The van der Waals surface area contributed by atoms with E-state index in [2.05, 4.69) is 9.97 Å². The Morgan fingerprint density at radius 3 is 1.39 bits per heavy atom. The number of oxazole rings is 2. The number of Topliss-reactive ketones (excluding diaryl/α,β-unsaturated/α-hetero) is 2. The average Bonchev–Trinajstić information content (AvgIpc) is 3.73. The minimum atomic E-state index is -0.00534. The zero-order valence-corrected chi connectivity index (χ0v) is 25.9. The van der Waals surface area contributed by atoms with E-state index in [1.807, 2.05) is 48.5 Å². The standard InChI is InChI=1S/2C17H13NO4S/c2*19-13(11-5-6-15-16(9-11)21-8-7-20-15)10-23-17-18-12-3-1-2-4-14(12)22-17/h2*1-6,9H,7-8,10H2. The van der Waals surface area contributed by atoms with Crippen LogP contribution in [0.4, 0.5) is 0 Å². The molecule has 4 aromatic carbocycles. The number of carbonyl (C=O) groups is 2. The number of aromatic nitrogens is 2. The SMILES string of the molecule is O=C(CSc1nc2ccccc2o1)c1ccc2c(c1)OCCO2.O=C(CSc1nc2ccccc2o1)c1ccc2c(c1)OCCO2. The van der Waals surface area contributed by atoms with Crippen LogP contribution in [0.2, 0.25) is 0 Å². The molecule has 4 heterocycles. The molecule has 0 aliphatic carbocycles. The molecule has 6 aromatic rings. The second-order valence-electron chi connectivity index (χ2n) is 10.0. The van der Waals surface area contributed by atoms with Gasteiger partial charge < -0.3 is 27.8 Å². The monoisotopic (exact) mass is 654 g/mol. The van der Waals surface area contributed by atoms with Gasteiger partial charge in [0.25, 0.3) is 10.4 Å². The summed E-state index contributed by atoms with van der Waals surface area (Å²) in [5, 5.41) is 0.995. The van der Waals surface area contributed by atoms with E-state index in [4.69, 9.17) is 27.8 Å². The second-order valence-corrected chi connectivity index (χ2v) is 11.9. The normalized spacial score (nSPS) is 13.2. The van der Waals surface area contributed by atoms with Gasteiger partial charge in [0, 0.05) is 11.1 Å². The molecular formula is C34H26N2O8S2. The Morgan fingerprint density at radius 2 is 0.957 bits per heavy atom. The molecule has 0 amide bonds. The van der Waals surface area contributed by atoms with Crippen molar-refractivity contribution in [3.63, 3.8) is 0 Å². The van der Waals surface area contributed by atoms with Crippen LogP contribution in [0.1, 0.15) is 20.7 Å². The van der Waals surface area contributed by atoms with Gasteiger partial charge >= 0.3 is 0 Å². The summed E-state index contributed by atoms with van der Waals surface area (Å²) in [6.45, 7) is 2.08. The minimum absolute atomic E-state index is 0.00534. The third-order valence-corrected chi connectivity index (χ3v) is 8.59. The second kappa shape index (κ2) is 13.6. The Kier molecular flexibility index (Phi) is 8.79. The fraction of sp³-hybridized carbons (Fsp3) is 0.176. The predicted molar refractivity (Wildman–Crippen MR) is 173 cm³/mol. The highest BCUT2D eigenvalue weighted by Crippen LogP contribution is 2.33. The van der Waals surface area contributed by atoms with E-state index in [-0.39, 0.29) is 23.1 Å². The van der Waals surface area contributed by atoms with Crippen LogP contribution in [0.3, 0.4) is 0 Å². The molecule has 12 heteroatoms. The maximum absolute atomic E-state index is 12.3. The van der Waals surface area contributed by atoms with E-state index in [0.717, 1.165) is 22.2 Å². The van der Waals surface area contributed by atoms with Gasteiger partial charge in [-0.15, -0.1) is 0 Å². The summed E-state index contributed by atoms with van der Waals surface area (Å²) in [6, 6.07) is 25.6. The van der Waals surface area contributed by atoms with Gasteiger partial charge in [-0.3, -0.25) is 9.59 Å². The number of para-hydroxylation sites is 4. The maximum atomic E-state index is 12.3. The number of hydrogen-bond donors (Lipinski definition) is 0. The molecule has 8 rings (SSSR count). The average molecular weight is 655 g/mol. The number of ketones is 2. The molecule has 46 heavy (non-hydrogen) atoms. The Labute approximate surface area is 271 Å². The van der Waals surface area contributed by atoms with Crippen LogP contribution in [0.25, 0.3) is 22.2 Å². The van der Waals surface area contributed by atoms with Gasteiger partial charge in [-0.25, -0.2) is 9.97 Å². The van der Waals surface area contributed by atoms with Crippen LogP contribution in [-0.2, 0) is 0 Å². The summed E-state index contributed by atoms with van der Waals surface area (Å²) in [6.07, 6.45) is 0. The van der Waals surface area contributed by atoms with Crippen molar-refractivity contribution in [2.75, 3.05) is 37.9 Å². The van der Waals surface area contributed by atoms with Gasteiger partial charge in [0.1, 0.15) is 37.5 Å². The number of fused-ring (bicyclic) bond motifs is 4. The number of thioether (sulfide) groups is 2. The largest absolute Gasteiger partial charge is 0.486 e. The lowest BCUT2D eigenvalue weighted by Crippen LogP contribution is -2.16. The number of carbonyl (C=O) groups excluding carboxylic acids is 2. The van der Waals surface area contributed by atoms with Gasteiger partial charge in [0.15, 0.2) is 45.7 Å². The van der Waals surface area contributed by atoms with Crippen LogP contribution in [0, 0.1) is 0 Å². The zero-order valence-electron chi connectivity index (χ0n) is 24.3. The van der Waals surface area contributed by atoms with Gasteiger partial charge in [-0.2, -0.15) is 0 Å². The molecule has 2 aliphatic rings. The van der Waals surface area contributed by atoms with E-state index in [9.17, 15) is 9.59 Å². The lowest BCUT2D eigenvalue weighted by atomic mass is 10.1. The summed E-state index contributed by atoms with van der Waals surface area (Å²) in [7, 11) is 0. The van der Waals surface area contributed by atoms with Crippen LogP contribution < -0.4 is 18.9 Å². The highest BCUT2D eigenvalue weighted by atomic mass is 32.2. The molecule has 0 unspecified atom stereocenters. The first-order chi connectivity index (χ1) is 22.6. The molecule has 0 radical (unpaired) electrons. The molecule has 0 saturated carbocycles. The summed E-state index contributed by atoms with van der Waals surface area (Å²) in [5.74, 6) is 3.10. The van der Waals surface area contributed by atoms with Crippen molar-refractivity contribution in [2.24, 2.45) is 0 Å². The van der Waals surface area contributed by atoms with E-state index in [1.165, 1.54) is 23.5 Å². The smallest absolute Gasteiger partial charge is 0.257 e. The van der Waals surface area contributed by atoms with E-state index in [0.29, 0.717) is 71.0 Å². The quantitative estimate of drug-likeness (QED) is 0.122. The van der Waals surface area contributed by atoms with Gasteiger partial charge in [0.05, 0.1) is 11.5 Å². The predicted octanol–water partition coefficient (Wildman–Crippen LogP) is 7.15. The minimum Gasteiger partial charge on any atom is -0.486 e. The highest BCUT2D eigenvalue weighted by Gasteiger charge is 2.18. The van der Waals surface area contributed by atoms with Crippen molar-refractivity contribution in [3.8, 4) is 23.0 Å². The summed E-state index contributed by atoms with van der Waals surface area (Å²) in [5.41, 5.74) is 4.22. The van der Waals surface area contributed by atoms with Crippen molar-refractivity contribution >= 4 is 57.3 Å². The van der Waals surface area contributed by atoms with Crippen molar-refractivity contribution in [1.82, 2.24) is 9.97 Å². The van der Waals surface area contributed by atoms with Crippen molar-refractivity contribution in [1.29, 1.82) is 0 Å². The first kappa shape index (κ1) is 29.8. The molecule has 2 aliphatic heterocycles. The van der Waals surface area contributed by atoms with Gasteiger partial charge in [-0.1, -0.05) is 47.8 Å². The number of nitrogens with zero attached hydrogens (tertiary/aromatic N) is 2. The molecule has 0 spiro atoms. The molecule has 0 saturated heterocycles. The Morgan fingerprint density at radius 1 is 0.543 bits per heavy atom. The van der Waals surface area contributed by atoms with E-state index in [1.54, 1.807) is 36.4 Å². The van der Waals surface area contributed by atoms with E-state index < -0.39 is 0 Å². The van der Waals surface area contributed by atoms with Gasteiger partial charge in [-0.05, 0) is 60.7 Å². The van der Waals surface area contributed by atoms with Crippen molar-refractivity contribution < 1.29 is 37.4 Å². The third kappa shape index (κ3) is 6.82. The first-order valence-electron chi connectivity index (χ1n) is 14.4. The maximum Gasteiger partial charge on any atom is 0.257 e. The zero-order chi connectivity index (χ0) is 31.3. The number of rotatable bonds is 8. The van der Waals surface area contributed by atoms with Crippen molar-refractivity contribution in [2.45, 2.75) is 10.4 Å². The van der Waals surface area contributed by atoms with Crippen LogP contribution in [0.5, 0.6) is 23.0 Å². The van der Waals surface area contributed by atoms with E-state index >= 15 is 0 Å². The summed E-state index contributed by atoms with van der Waals surface area (Å²) < 4.78 is 33.1. The number of hydrogen-bond acceptors (Lipinski definition) is 12. The molecule has 2 aromatic heterocycles. The lowest BCUT2D eigenvalue weighted by Gasteiger charge is -2.18. The van der Waals surface area contributed by atoms with Gasteiger partial charge in [0.2, 0.25) is 0 Å². The molecule has 232 valence electrons. The Balaban J connectivity index is 0.000000147. The third-order valence-electron chi connectivity index (χ3n) is 6.93. The lowest BCUT2D eigenvalue weighted by molar-refractivity contribution is 0.101. The Hall–Kier alpha value is -4.94. The molecule has 10 nitrogen and oxygen atoms in total. The molecule has 0 bridgehead atoms. The van der Waals surface area contributed by atoms with Crippen molar-refractivity contribution in [3.05, 3.63) is 96.1 Å². The molecule has 0 atom stereocenters. The Bertz CT molecular complexity index is 1830. The van der Waals surface area contributed by atoms with Crippen LogP contribution >= 0.6 is 23.5 Å². The van der Waals surface area contributed by atoms with Crippen LogP contribution in [0.15, 0.2) is 104 Å². The van der Waals surface area contributed by atoms with Crippen LogP contribution in [-0.4, -0.2) is 59.5 Å². The summed E-state index contributed by atoms with van der Waals surface area (Å²) in [4.78, 5) is 33.4. The molecule has 0 N–H and O–H groups in total. The highest BCUT2D eigenvalue weighted by molar-refractivity contribution is 8.00. The summed E-state index contributed by atoms with van der Waals surface area (Å²) >= 11 is 2.57. The fourth-order valence-corrected chi connectivity index (χ4v) is 6.15. The number of ether oxygens (including phenoxy) is 4.